The van der Waals surface area contributed by atoms with Gasteiger partial charge in [-0.1, -0.05) is 12.1 Å². The van der Waals surface area contributed by atoms with Gasteiger partial charge in [-0.15, -0.1) is 0 Å². The minimum absolute atomic E-state index is 0.172. The molecule has 0 unspecified atom stereocenters. The molecule has 92 valence electrons. The van der Waals surface area contributed by atoms with Crippen LogP contribution in [0, 0.1) is 5.82 Å². The minimum atomic E-state index is -0.391. The van der Waals surface area contributed by atoms with Gasteiger partial charge in [0.1, 0.15) is 11.6 Å². The molecule has 0 saturated carbocycles. The molecule has 0 bridgehead atoms. The Bertz CT molecular complexity index is 596. The van der Waals surface area contributed by atoms with Gasteiger partial charge in [0.05, 0.1) is 11.6 Å². The van der Waals surface area contributed by atoms with Crippen molar-refractivity contribution in [3.63, 3.8) is 0 Å². The highest BCUT2D eigenvalue weighted by Crippen LogP contribution is 2.20. The first-order valence-corrected chi connectivity index (χ1v) is 6.05. The highest BCUT2D eigenvalue weighted by molar-refractivity contribution is 9.10. The van der Waals surface area contributed by atoms with Crippen molar-refractivity contribution in [2.75, 3.05) is 7.11 Å². The molecule has 2 rings (SSSR count). The maximum absolute atomic E-state index is 13.1. The third-order valence-corrected chi connectivity index (χ3v) is 3.12. The average molecular weight is 309 g/mol. The molecule has 0 saturated heterocycles. The first-order chi connectivity index (χ1) is 8.61. The third kappa shape index (κ3) is 2.59. The van der Waals surface area contributed by atoms with Crippen LogP contribution >= 0.6 is 15.9 Å². The Morgan fingerprint density at radius 1 is 1.17 bits per heavy atom. The van der Waals surface area contributed by atoms with E-state index in [0.29, 0.717) is 16.9 Å². The van der Waals surface area contributed by atoms with Crippen LogP contribution in [-0.2, 0) is 0 Å². The van der Waals surface area contributed by atoms with Crippen molar-refractivity contribution in [3.05, 3.63) is 63.9 Å². The highest BCUT2D eigenvalue weighted by atomic mass is 79.9. The Kier molecular flexibility index (Phi) is 3.77. The summed E-state index contributed by atoms with van der Waals surface area (Å²) in [5, 5.41) is 0. The fourth-order valence-electron chi connectivity index (χ4n) is 1.57. The molecule has 2 aromatic rings. The Morgan fingerprint density at radius 2 is 1.89 bits per heavy atom. The Morgan fingerprint density at radius 3 is 2.56 bits per heavy atom. The van der Waals surface area contributed by atoms with Crippen LogP contribution in [0.1, 0.15) is 15.9 Å². The molecule has 4 heteroatoms. The van der Waals surface area contributed by atoms with Crippen molar-refractivity contribution in [3.8, 4) is 5.75 Å². The van der Waals surface area contributed by atoms with Crippen LogP contribution in [0.25, 0.3) is 0 Å². The first kappa shape index (κ1) is 12.8. The zero-order valence-corrected chi connectivity index (χ0v) is 11.2. The van der Waals surface area contributed by atoms with E-state index in [1.165, 1.54) is 25.3 Å². The fraction of sp³-hybridized carbons (Fsp3) is 0.0714. The molecule has 2 aromatic carbocycles. The van der Waals surface area contributed by atoms with Crippen molar-refractivity contribution in [2.24, 2.45) is 0 Å². The zero-order chi connectivity index (χ0) is 13.1. The summed E-state index contributed by atoms with van der Waals surface area (Å²) in [7, 11) is 1.54. The van der Waals surface area contributed by atoms with Crippen LogP contribution in [0.2, 0.25) is 0 Å². The molecule has 18 heavy (non-hydrogen) atoms. The molecule has 0 atom stereocenters. The number of ketones is 1. The molecule has 0 N–H and O–H groups in total. The van der Waals surface area contributed by atoms with Gasteiger partial charge >= 0.3 is 0 Å². The van der Waals surface area contributed by atoms with E-state index in [0.717, 1.165) is 0 Å². The molecule has 0 heterocycles. The monoisotopic (exact) mass is 308 g/mol. The number of halogens is 2. The summed E-state index contributed by atoms with van der Waals surface area (Å²) in [6.07, 6.45) is 0. The molecule has 0 aliphatic heterocycles. The van der Waals surface area contributed by atoms with E-state index in [1.807, 2.05) is 0 Å². The Hall–Kier alpha value is -1.68. The highest BCUT2D eigenvalue weighted by Gasteiger charge is 2.11. The van der Waals surface area contributed by atoms with Crippen molar-refractivity contribution < 1.29 is 13.9 Å². The predicted molar refractivity (Wildman–Crippen MR) is 70.5 cm³/mol. The smallest absolute Gasteiger partial charge is 0.193 e. The first-order valence-electron chi connectivity index (χ1n) is 5.25. The normalized spacial score (nSPS) is 10.2. The number of hydrogen-bond donors (Lipinski definition) is 0. The van der Waals surface area contributed by atoms with Gasteiger partial charge in [0.2, 0.25) is 0 Å². The van der Waals surface area contributed by atoms with E-state index in [1.54, 1.807) is 24.3 Å². The lowest BCUT2D eigenvalue weighted by Crippen LogP contribution is -2.02. The molecular formula is C14H10BrFO2. The van der Waals surface area contributed by atoms with E-state index in [-0.39, 0.29) is 10.3 Å². The molecule has 0 aliphatic carbocycles. The van der Waals surface area contributed by atoms with Crippen LogP contribution in [0.15, 0.2) is 46.9 Å². The number of hydrogen-bond acceptors (Lipinski definition) is 2. The van der Waals surface area contributed by atoms with Gasteiger partial charge in [-0.2, -0.15) is 0 Å². The second-order valence-corrected chi connectivity index (χ2v) is 4.54. The van der Waals surface area contributed by atoms with Gasteiger partial charge in [0, 0.05) is 11.1 Å². The lowest BCUT2D eigenvalue weighted by atomic mass is 10.0. The summed E-state index contributed by atoms with van der Waals surface area (Å²) in [6.45, 7) is 0. The lowest BCUT2D eigenvalue weighted by Gasteiger charge is -2.04. The molecule has 0 radical (unpaired) electrons. The number of benzene rings is 2. The van der Waals surface area contributed by atoms with Crippen molar-refractivity contribution in [1.82, 2.24) is 0 Å². The number of methoxy groups -OCH3 is 1. The largest absolute Gasteiger partial charge is 0.497 e. The Balaban J connectivity index is 2.38. The van der Waals surface area contributed by atoms with Gasteiger partial charge in [0.25, 0.3) is 0 Å². The second kappa shape index (κ2) is 5.31. The maximum Gasteiger partial charge on any atom is 0.193 e. The number of carbonyl (C=O) groups excluding carboxylic acids is 1. The van der Waals surface area contributed by atoms with E-state index in [9.17, 15) is 9.18 Å². The van der Waals surface area contributed by atoms with Crippen LogP contribution in [0.4, 0.5) is 4.39 Å². The third-order valence-electron chi connectivity index (χ3n) is 2.51. The molecule has 2 nitrogen and oxygen atoms in total. The van der Waals surface area contributed by atoms with E-state index < -0.39 is 5.82 Å². The SMILES string of the molecule is COc1cccc(C(=O)c2ccc(F)c(Br)c2)c1. The van der Waals surface area contributed by atoms with Gasteiger partial charge < -0.3 is 4.74 Å². The quantitative estimate of drug-likeness (QED) is 0.806. The van der Waals surface area contributed by atoms with E-state index in [4.69, 9.17) is 4.74 Å². The van der Waals surface area contributed by atoms with E-state index >= 15 is 0 Å². The molecule has 0 spiro atoms. The summed E-state index contributed by atoms with van der Waals surface area (Å²) in [5.74, 6) is 0.0498. The lowest BCUT2D eigenvalue weighted by molar-refractivity contribution is 0.103. The topological polar surface area (TPSA) is 26.3 Å². The molecule has 0 amide bonds. The van der Waals surface area contributed by atoms with Crippen molar-refractivity contribution >= 4 is 21.7 Å². The van der Waals surface area contributed by atoms with Crippen LogP contribution < -0.4 is 4.74 Å². The summed E-state index contributed by atoms with van der Waals surface area (Å²) < 4.78 is 18.4. The minimum Gasteiger partial charge on any atom is -0.497 e. The van der Waals surface area contributed by atoms with Crippen molar-refractivity contribution in [2.45, 2.75) is 0 Å². The number of ether oxygens (including phenoxy) is 1. The van der Waals surface area contributed by atoms with Gasteiger partial charge in [-0.3, -0.25) is 4.79 Å². The molecular weight excluding hydrogens is 299 g/mol. The predicted octanol–water partition coefficient (Wildman–Crippen LogP) is 3.83. The number of carbonyl (C=O) groups is 1. The average Bonchev–Trinajstić information content (AvgIpc) is 2.41. The second-order valence-electron chi connectivity index (χ2n) is 3.69. The maximum atomic E-state index is 13.1. The molecule has 0 aliphatic rings. The van der Waals surface area contributed by atoms with Crippen LogP contribution in [0.5, 0.6) is 5.75 Å². The van der Waals surface area contributed by atoms with Gasteiger partial charge in [-0.25, -0.2) is 4.39 Å². The standard InChI is InChI=1S/C14H10BrFO2/c1-18-11-4-2-3-9(7-11)14(17)10-5-6-13(16)12(15)8-10/h2-8H,1H3. The summed E-state index contributed by atoms with van der Waals surface area (Å²) in [5.41, 5.74) is 0.935. The van der Waals surface area contributed by atoms with Crippen LogP contribution in [-0.4, -0.2) is 12.9 Å². The number of rotatable bonds is 3. The zero-order valence-electron chi connectivity index (χ0n) is 9.61. The fourth-order valence-corrected chi connectivity index (χ4v) is 1.95. The molecule has 0 fully saturated rings. The Labute approximate surface area is 113 Å². The summed E-state index contributed by atoms with van der Waals surface area (Å²) in [4.78, 5) is 12.2. The van der Waals surface area contributed by atoms with Crippen molar-refractivity contribution in [1.29, 1.82) is 0 Å². The van der Waals surface area contributed by atoms with Gasteiger partial charge in [0.15, 0.2) is 5.78 Å². The molecule has 0 aromatic heterocycles. The summed E-state index contributed by atoms with van der Waals surface area (Å²) in [6, 6.07) is 11.0. The van der Waals surface area contributed by atoms with E-state index in [2.05, 4.69) is 15.9 Å². The summed E-state index contributed by atoms with van der Waals surface area (Å²) >= 11 is 3.06. The van der Waals surface area contributed by atoms with Gasteiger partial charge in [-0.05, 0) is 46.3 Å². The van der Waals surface area contributed by atoms with Crippen LogP contribution in [0.3, 0.4) is 0 Å².